The molecule has 2 aromatic carbocycles. The lowest BCUT2D eigenvalue weighted by atomic mass is 9.78. The molecule has 0 bridgehead atoms. The van der Waals surface area contributed by atoms with E-state index in [-0.39, 0.29) is 5.82 Å². The predicted octanol–water partition coefficient (Wildman–Crippen LogP) is 6.09. The molecule has 2 nitrogen and oxygen atoms in total. The number of imidazole rings is 1. The third kappa shape index (κ3) is 3.30. The van der Waals surface area contributed by atoms with E-state index < -0.39 is 51.9 Å². The summed E-state index contributed by atoms with van der Waals surface area (Å²) in [6.45, 7) is 4.81. The van der Waals surface area contributed by atoms with Crippen molar-refractivity contribution >= 4 is 0 Å². The third-order valence-electron chi connectivity index (χ3n) is 5.20. The van der Waals surface area contributed by atoms with Gasteiger partial charge in [-0.15, -0.1) is 0 Å². The van der Waals surface area contributed by atoms with Gasteiger partial charge in [-0.1, -0.05) is 38.1 Å². The van der Waals surface area contributed by atoms with E-state index in [4.69, 9.17) is 0 Å². The molecule has 0 saturated carbocycles. The Morgan fingerprint density at radius 3 is 1.97 bits per heavy atom. The highest BCUT2D eigenvalue weighted by molar-refractivity contribution is 5.69. The first kappa shape index (κ1) is 21.0. The SMILES string of the molecule is C[C@@H](F)C(C)(C)c1ccccc1-c1nc(-c2c(F)c(F)c(F)c(F)c2F)cn1C. The summed E-state index contributed by atoms with van der Waals surface area (Å²) in [7, 11) is 1.51. The molecule has 1 atom stereocenters. The topological polar surface area (TPSA) is 17.8 Å². The van der Waals surface area contributed by atoms with Gasteiger partial charge in [0.15, 0.2) is 23.3 Å². The van der Waals surface area contributed by atoms with Gasteiger partial charge in [0.25, 0.3) is 0 Å². The first-order chi connectivity index (χ1) is 13.5. The van der Waals surface area contributed by atoms with Gasteiger partial charge in [0, 0.05) is 24.2 Å². The Morgan fingerprint density at radius 1 is 0.897 bits per heavy atom. The fourth-order valence-electron chi connectivity index (χ4n) is 3.12. The molecule has 0 aliphatic rings. The number of aromatic nitrogens is 2. The number of benzene rings is 2. The molecule has 0 radical (unpaired) electrons. The smallest absolute Gasteiger partial charge is 0.200 e. The Morgan fingerprint density at radius 2 is 1.41 bits per heavy atom. The summed E-state index contributed by atoms with van der Waals surface area (Å²) in [5.41, 5.74) is -1.37. The Balaban J connectivity index is 2.24. The van der Waals surface area contributed by atoms with Crippen molar-refractivity contribution < 1.29 is 26.3 Å². The van der Waals surface area contributed by atoms with E-state index in [1.165, 1.54) is 18.5 Å². The number of rotatable bonds is 4. The van der Waals surface area contributed by atoms with Gasteiger partial charge >= 0.3 is 0 Å². The van der Waals surface area contributed by atoms with Crippen molar-refractivity contribution in [2.45, 2.75) is 32.4 Å². The second kappa shape index (κ2) is 7.24. The summed E-state index contributed by atoms with van der Waals surface area (Å²) in [5, 5.41) is 0. The molecule has 0 aliphatic heterocycles. The van der Waals surface area contributed by atoms with Crippen LogP contribution >= 0.6 is 0 Å². The van der Waals surface area contributed by atoms with Gasteiger partial charge in [0.05, 0.1) is 11.3 Å². The molecule has 154 valence electrons. The van der Waals surface area contributed by atoms with Gasteiger partial charge in [0.1, 0.15) is 12.0 Å². The second-order valence-electron chi connectivity index (χ2n) is 7.39. The summed E-state index contributed by atoms with van der Waals surface area (Å²) in [4.78, 5) is 4.12. The molecule has 29 heavy (non-hydrogen) atoms. The fourth-order valence-corrected chi connectivity index (χ4v) is 3.12. The highest BCUT2D eigenvalue weighted by Gasteiger charge is 2.32. The van der Waals surface area contributed by atoms with Crippen LogP contribution in [-0.2, 0) is 12.5 Å². The van der Waals surface area contributed by atoms with Crippen LogP contribution in [-0.4, -0.2) is 15.7 Å². The summed E-state index contributed by atoms with van der Waals surface area (Å²) in [6.07, 6.45) is -0.0606. The van der Waals surface area contributed by atoms with E-state index in [0.29, 0.717) is 11.1 Å². The molecule has 0 spiro atoms. The average Bonchev–Trinajstić information content (AvgIpc) is 3.05. The Labute approximate surface area is 163 Å². The highest BCUT2D eigenvalue weighted by atomic mass is 19.2. The minimum Gasteiger partial charge on any atom is -0.333 e. The zero-order valence-corrected chi connectivity index (χ0v) is 16.1. The highest BCUT2D eigenvalue weighted by Crippen LogP contribution is 2.38. The third-order valence-corrected chi connectivity index (χ3v) is 5.20. The Bertz CT molecular complexity index is 1060. The van der Waals surface area contributed by atoms with Gasteiger partial charge in [-0.25, -0.2) is 31.3 Å². The lowest BCUT2D eigenvalue weighted by molar-refractivity contribution is 0.237. The monoisotopic (exact) mass is 412 g/mol. The summed E-state index contributed by atoms with van der Waals surface area (Å²) < 4.78 is 84.5. The van der Waals surface area contributed by atoms with Crippen LogP contribution in [0.15, 0.2) is 30.5 Å². The number of hydrogen-bond donors (Lipinski definition) is 0. The molecule has 3 aromatic rings. The Hall–Kier alpha value is -2.77. The molecule has 0 fully saturated rings. The normalized spacial score (nSPS) is 13.0. The average molecular weight is 412 g/mol. The first-order valence-electron chi connectivity index (χ1n) is 8.77. The van der Waals surface area contributed by atoms with Crippen LogP contribution in [0.25, 0.3) is 22.6 Å². The first-order valence-corrected chi connectivity index (χ1v) is 8.77. The minimum absolute atomic E-state index is 0.202. The van der Waals surface area contributed by atoms with Crippen LogP contribution in [0.3, 0.4) is 0 Å². The quantitative estimate of drug-likeness (QED) is 0.288. The molecule has 0 aliphatic carbocycles. The molecule has 0 N–H and O–H groups in total. The number of halogens is 6. The van der Waals surface area contributed by atoms with Crippen LogP contribution in [0.5, 0.6) is 0 Å². The van der Waals surface area contributed by atoms with Crippen molar-refractivity contribution in [3.05, 3.63) is 65.1 Å². The van der Waals surface area contributed by atoms with Crippen LogP contribution in [0, 0.1) is 29.1 Å². The van der Waals surface area contributed by atoms with E-state index in [9.17, 15) is 26.3 Å². The second-order valence-corrected chi connectivity index (χ2v) is 7.39. The van der Waals surface area contributed by atoms with Crippen molar-refractivity contribution in [2.24, 2.45) is 7.05 Å². The van der Waals surface area contributed by atoms with Gasteiger partial charge < -0.3 is 4.57 Å². The number of aryl methyl sites for hydroxylation is 1. The zero-order valence-electron chi connectivity index (χ0n) is 16.1. The Kier molecular flexibility index (Phi) is 5.23. The molecule has 1 heterocycles. The van der Waals surface area contributed by atoms with Gasteiger partial charge in [-0.05, 0) is 12.5 Å². The van der Waals surface area contributed by atoms with Crippen molar-refractivity contribution in [3.63, 3.8) is 0 Å². The number of hydrogen-bond acceptors (Lipinski definition) is 1. The largest absolute Gasteiger partial charge is 0.333 e. The van der Waals surface area contributed by atoms with Crippen molar-refractivity contribution in [3.8, 4) is 22.6 Å². The molecule has 0 saturated heterocycles. The van der Waals surface area contributed by atoms with E-state index >= 15 is 0 Å². The lowest BCUT2D eigenvalue weighted by Gasteiger charge is -2.29. The standard InChI is InChI=1S/C21H18F6N2/c1-10(22)21(2,3)12-8-6-5-7-11(12)20-28-13(9-29(20)4)14-15(23)17(25)19(27)18(26)16(14)24/h5-10H,1-4H3/t10-/m1/s1. The lowest BCUT2D eigenvalue weighted by Crippen LogP contribution is -2.28. The van der Waals surface area contributed by atoms with Gasteiger partial charge in [-0.2, -0.15) is 0 Å². The molecular weight excluding hydrogens is 394 g/mol. The van der Waals surface area contributed by atoms with Gasteiger partial charge in [0.2, 0.25) is 5.82 Å². The van der Waals surface area contributed by atoms with Crippen molar-refractivity contribution in [2.75, 3.05) is 0 Å². The maximum absolute atomic E-state index is 14.2. The molecule has 1 aromatic heterocycles. The molecule has 0 amide bonds. The maximum Gasteiger partial charge on any atom is 0.200 e. The fraction of sp³-hybridized carbons (Fsp3) is 0.286. The van der Waals surface area contributed by atoms with Gasteiger partial charge in [-0.3, -0.25) is 0 Å². The predicted molar refractivity (Wildman–Crippen MR) is 97.5 cm³/mol. The minimum atomic E-state index is -2.23. The maximum atomic E-state index is 14.2. The zero-order chi connectivity index (χ0) is 21.7. The molecular formula is C21H18F6N2. The van der Waals surface area contributed by atoms with Crippen LogP contribution in [0.4, 0.5) is 26.3 Å². The molecule has 8 heteroatoms. The summed E-state index contributed by atoms with van der Waals surface area (Å²) >= 11 is 0. The van der Waals surface area contributed by atoms with Crippen molar-refractivity contribution in [1.29, 1.82) is 0 Å². The number of alkyl halides is 1. The van der Waals surface area contributed by atoms with E-state index in [2.05, 4.69) is 4.98 Å². The summed E-state index contributed by atoms with van der Waals surface area (Å²) in [6, 6.07) is 6.77. The number of nitrogens with zero attached hydrogens (tertiary/aromatic N) is 2. The van der Waals surface area contributed by atoms with Crippen LogP contribution in [0.2, 0.25) is 0 Å². The molecule has 0 unspecified atom stereocenters. The summed E-state index contributed by atoms with van der Waals surface area (Å²) in [5.74, 6) is -10.0. The van der Waals surface area contributed by atoms with E-state index in [0.717, 1.165) is 6.20 Å². The van der Waals surface area contributed by atoms with Crippen molar-refractivity contribution in [1.82, 2.24) is 9.55 Å². The molecule has 3 rings (SSSR count). The van der Waals surface area contributed by atoms with E-state index in [1.54, 1.807) is 38.1 Å². The van der Waals surface area contributed by atoms with Crippen LogP contribution < -0.4 is 0 Å². The van der Waals surface area contributed by atoms with Crippen LogP contribution in [0.1, 0.15) is 26.3 Å². The van der Waals surface area contributed by atoms with E-state index in [1.807, 2.05) is 0 Å².